The van der Waals surface area contributed by atoms with Crippen molar-refractivity contribution in [2.75, 3.05) is 17.2 Å². The number of aromatic nitrogens is 1. The maximum atomic E-state index is 11.8. The largest absolute Gasteiger partial charge is 0.379 e. The summed E-state index contributed by atoms with van der Waals surface area (Å²) in [6.45, 7) is 0.285. The molecule has 0 aliphatic carbocycles. The van der Waals surface area contributed by atoms with E-state index in [9.17, 15) is 14.9 Å². The Morgan fingerprint density at radius 1 is 1.27 bits per heavy atom. The topological polar surface area (TPSA) is 97.2 Å². The van der Waals surface area contributed by atoms with Crippen LogP contribution < -0.4 is 10.6 Å². The lowest BCUT2D eigenvalue weighted by Crippen LogP contribution is -2.17. The van der Waals surface area contributed by atoms with Gasteiger partial charge in [0.1, 0.15) is 11.5 Å². The molecule has 0 saturated carbocycles. The molecule has 0 aliphatic heterocycles. The Morgan fingerprint density at radius 2 is 2.05 bits per heavy atom. The molecule has 2 aromatic rings. The molecule has 22 heavy (non-hydrogen) atoms. The number of para-hydroxylation sites is 2. The summed E-state index contributed by atoms with van der Waals surface area (Å²) in [6.07, 6.45) is 1.75. The van der Waals surface area contributed by atoms with E-state index in [0.29, 0.717) is 11.5 Å². The van der Waals surface area contributed by atoms with Crippen molar-refractivity contribution in [3.05, 3.63) is 57.2 Å². The number of nitrogens with zero attached hydrogens (tertiary/aromatic N) is 2. The van der Waals surface area contributed by atoms with E-state index in [0.717, 1.165) is 4.47 Å². The average Bonchev–Trinajstić information content (AvgIpc) is 2.50. The predicted molar refractivity (Wildman–Crippen MR) is 86.8 cm³/mol. The van der Waals surface area contributed by atoms with E-state index >= 15 is 0 Å². The van der Waals surface area contributed by atoms with E-state index in [-0.39, 0.29) is 24.6 Å². The van der Waals surface area contributed by atoms with E-state index in [1.54, 1.807) is 36.5 Å². The van der Waals surface area contributed by atoms with Crippen molar-refractivity contribution in [1.29, 1.82) is 0 Å². The maximum Gasteiger partial charge on any atom is 0.292 e. The third kappa shape index (κ3) is 4.52. The second-order valence-electron chi connectivity index (χ2n) is 4.36. The Bertz CT molecular complexity index is 676. The number of anilines is 2. The fraction of sp³-hybridized carbons (Fsp3) is 0.143. The van der Waals surface area contributed by atoms with Crippen LogP contribution >= 0.6 is 15.9 Å². The summed E-state index contributed by atoms with van der Waals surface area (Å²) in [5.41, 5.74) is 0.375. The molecule has 0 unspecified atom stereocenters. The summed E-state index contributed by atoms with van der Waals surface area (Å²) < 4.78 is 0.823. The van der Waals surface area contributed by atoms with Crippen LogP contribution in [0.25, 0.3) is 0 Å². The molecule has 2 rings (SSSR count). The highest BCUT2D eigenvalue weighted by Gasteiger charge is 2.12. The molecule has 1 aromatic heterocycles. The zero-order valence-electron chi connectivity index (χ0n) is 11.5. The van der Waals surface area contributed by atoms with E-state index in [4.69, 9.17) is 0 Å². The van der Waals surface area contributed by atoms with Crippen LogP contribution in [-0.2, 0) is 4.79 Å². The molecule has 8 heteroatoms. The van der Waals surface area contributed by atoms with Crippen molar-refractivity contribution in [2.45, 2.75) is 6.42 Å². The molecule has 1 amide bonds. The second-order valence-corrected chi connectivity index (χ2v) is 5.28. The van der Waals surface area contributed by atoms with Gasteiger partial charge < -0.3 is 10.6 Å². The molecule has 0 atom stereocenters. The van der Waals surface area contributed by atoms with Gasteiger partial charge in [0.25, 0.3) is 5.69 Å². The summed E-state index contributed by atoms with van der Waals surface area (Å²) in [4.78, 5) is 26.2. The van der Waals surface area contributed by atoms with Gasteiger partial charge in [-0.05, 0) is 34.1 Å². The summed E-state index contributed by atoms with van der Waals surface area (Å²) in [5.74, 6) is 0.236. The molecular formula is C14H13BrN4O3. The van der Waals surface area contributed by atoms with Gasteiger partial charge in [-0.3, -0.25) is 14.9 Å². The van der Waals surface area contributed by atoms with Gasteiger partial charge in [-0.25, -0.2) is 4.98 Å². The van der Waals surface area contributed by atoms with Gasteiger partial charge in [0, 0.05) is 29.7 Å². The monoisotopic (exact) mass is 364 g/mol. The molecule has 0 fully saturated rings. The first kappa shape index (κ1) is 15.9. The highest BCUT2D eigenvalue weighted by Crippen LogP contribution is 2.22. The number of pyridine rings is 1. The van der Waals surface area contributed by atoms with Crippen LogP contribution in [0.2, 0.25) is 0 Å². The Morgan fingerprint density at radius 3 is 2.73 bits per heavy atom. The number of nitrogens with one attached hydrogen (secondary N) is 2. The molecule has 0 saturated heterocycles. The third-order valence-corrected chi connectivity index (χ3v) is 3.23. The highest BCUT2D eigenvalue weighted by atomic mass is 79.9. The quantitative estimate of drug-likeness (QED) is 0.605. The lowest BCUT2D eigenvalue weighted by atomic mass is 10.2. The zero-order chi connectivity index (χ0) is 15.9. The van der Waals surface area contributed by atoms with Gasteiger partial charge in [0.15, 0.2) is 0 Å². The van der Waals surface area contributed by atoms with Crippen LogP contribution in [0.1, 0.15) is 6.42 Å². The predicted octanol–water partition coefficient (Wildman–Crippen LogP) is 3.19. The molecule has 0 bridgehead atoms. The number of nitro groups is 1. The number of amides is 1. The van der Waals surface area contributed by atoms with Gasteiger partial charge in [-0.15, -0.1) is 0 Å². The smallest absolute Gasteiger partial charge is 0.292 e. The summed E-state index contributed by atoms with van der Waals surface area (Å²) in [6, 6.07) is 9.75. The van der Waals surface area contributed by atoms with Gasteiger partial charge in [-0.2, -0.15) is 0 Å². The Labute approximate surface area is 135 Å². The Hall–Kier alpha value is -2.48. The molecule has 2 N–H and O–H groups in total. The molecule has 0 spiro atoms. The number of hydrogen-bond donors (Lipinski definition) is 2. The van der Waals surface area contributed by atoms with Gasteiger partial charge in [-0.1, -0.05) is 12.1 Å². The van der Waals surface area contributed by atoms with Crippen LogP contribution in [0, 0.1) is 10.1 Å². The standard InChI is InChI=1S/C14H13BrN4O3/c15-10-5-6-13(17-9-10)18-14(20)7-8-16-11-3-1-2-4-12(11)19(21)22/h1-6,9,16H,7-8H2,(H,17,18,20). The summed E-state index contributed by atoms with van der Waals surface area (Å²) in [7, 11) is 0. The number of nitro benzene ring substituents is 1. The first-order valence-corrected chi connectivity index (χ1v) is 7.24. The number of hydrogen-bond acceptors (Lipinski definition) is 5. The zero-order valence-corrected chi connectivity index (χ0v) is 13.0. The fourth-order valence-corrected chi connectivity index (χ4v) is 1.98. The van der Waals surface area contributed by atoms with Crippen LogP contribution in [0.3, 0.4) is 0 Å². The van der Waals surface area contributed by atoms with Gasteiger partial charge >= 0.3 is 0 Å². The molecule has 1 heterocycles. The molecule has 0 radical (unpaired) electrons. The molecule has 7 nitrogen and oxygen atoms in total. The number of benzene rings is 1. The lowest BCUT2D eigenvalue weighted by molar-refractivity contribution is -0.384. The third-order valence-electron chi connectivity index (χ3n) is 2.76. The Kier molecular flexibility index (Phi) is 5.42. The van der Waals surface area contributed by atoms with Crippen molar-refractivity contribution in [2.24, 2.45) is 0 Å². The van der Waals surface area contributed by atoms with Crippen molar-refractivity contribution >= 4 is 39.0 Å². The minimum absolute atomic E-state index is 0.0162. The molecular weight excluding hydrogens is 352 g/mol. The van der Waals surface area contributed by atoms with Crippen LogP contribution in [0.4, 0.5) is 17.2 Å². The number of rotatable bonds is 6. The van der Waals surface area contributed by atoms with E-state index in [2.05, 4.69) is 31.5 Å². The molecule has 0 aliphatic rings. The Balaban J connectivity index is 1.85. The van der Waals surface area contributed by atoms with Crippen molar-refractivity contribution in [3.63, 3.8) is 0 Å². The van der Waals surface area contributed by atoms with Crippen molar-refractivity contribution < 1.29 is 9.72 Å². The number of carbonyl (C=O) groups is 1. The van der Waals surface area contributed by atoms with E-state index in [1.165, 1.54) is 6.07 Å². The summed E-state index contributed by atoms with van der Waals surface area (Å²) in [5, 5.41) is 16.4. The molecule has 114 valence electrons. The fourth-order valence-electron chi connectivity index (χ4n) is 1.75. The average molecular weight is 365 g/mol. The van der Waals surface area contributed by atoms with Gasteiger partial charge in [0.05, 0.1) is 4.92 Å². The SMILES string of the molecule is O=C(CCNc1ccccc1[N+](=O)[O-])Nc1ccc(Br)cn1. The first-order chi connectivity index (χ1) is 10.6. The van der Waals surface area contributed by atoms with Gasteiger partial charge in [0.2, 0.25) is 5.91 Å². The van der Waals surface area contributed by atoms with E-state index < -0.39 is 4.92 Å². The van der Waals surface area contributed by atoms with Crippen molar-refractivity contribution in [1.82, 2.24) is 4.98 Å². The molecule has 1 aromatic carbocycles. The number of halogens is 1. The second kappa shape index (κ2) is 7.51. The normalized spacial score (nSPS) is 10.0. The van der Waals surface area contributed by atoms with E-state index in [1.807, 2.05) is 0 Å². The van der Waals surface area contributed by atoms with Crippen LogP contribution in [0.5, 0.6) is 0 Å². The lowest BCUT2D eigenvalue weighted by Gasteiger charge is -2.07. The number of carbonyl (C=O) groups excluding carboxylic acids is 1. The maximum absolute atomic E-state index is 11.8. The van der Waals surface area contributed by atoms with Crippen LogP contribution in [-0.4, -0.2) is 22.4 Å². The summed E-state index contributed by atoms with van der Waals surface area (Å²) >= 11 is 3.26. The highest BCUT2D eigenvalue weighted by molar-refractivity contribution is 9.10. The first-order valence-electron chi connectivity index (χ1n) is 6.45. The van der Waals surface area contributed by atoms with Crippen LogP contribution in [0.15, 0.2) is 47.1 Å². The van der Waals surface area contributed by atoms with Crippen molar-refractivity contribution in [3.8, 4) is 0 Å². The minimum atomic E-state index is -0.464. The minimum Gasteiger partial charge on any atom is -0.379 e.